The van der Waals surface area contributed by atoms with E-state index in [2.05, 4.69) is 64.1 Å². The third kappa shape index (κ3) is 7.56. The molecule has 0 aromatic heterocycles. The number of anilines is 2. The Bertz CT molecular complexity index is 2130. The summed E-state index contributed by atoms with van der Waals surface area (Å²) in [7, 11) is 0. The van der Waals surface area contributed by atoms with Crippen LogP contribution in [0.3, 0.4) is 0 Å². The number of benzene rings is 5. The number of rotatable bonds is 8. The van der Waals surface area contributed by atoms with E-state index >= 15 is 0 Å². The van der Waals surface area contributed by atoms with Gasteiger partial charge in [0.1, 0.15) is 18.2 Å². The van der Waals surface area contributed by atoms with Crippen molar-refractivity contribution < 1.29 is 31.1 Å². The summed E-state index contributed by atoms with van der Waals surface area (Å²) in [6.45, 7) is 1.05. The number of halogens is 6. The number of hydrogen-bond donors (Lipinski definition) is 2. The number of amidine groups is 1. The van der Waals surface area contributed by atoms with Crippen LogP contribution in [0.1, 0.15) is 22.3 Å². The van der Waals surface area contributed by atoms with Crippen LogP contribution >= 0.6 is 12.2 Å². The van der Waals surface area contributed by atoms with Crippen molar-refractivity contribution >= 4 is 51.4 Å². The van der Waals surface area contributed by atoms with Crippen molar-refractivity contribution in [2.45, 2.75) is 24.8 Å². The lowest BCUT2D eigenvalue weighted by molar-refractivity contribution is -0.143. The SMILES string of the molecule is FC(F)(F)c1cc(NC(=S)NCCOc2ccc3cccc(-c4cccc5c4C=CC4=N[C@@H](Cc6ccccc6)CN45)c3c2)cc(C(F)(F)F)c1. The highest BCUT2D eigenvalue weighted by atomic mass is 32.1. The third-order valence-electron chi connectivity index (χ3n) is 8.72. The van der Waals surface area contributed by atoms with Gasteiger partial charge < -0.3 is 20.3 Å². The number of hydrogen-bond acceptors (Lipinski definition) is 4. The molecule has 0 unspecified atom stereocenters. The van der Waals surface area contributed by atoms with Crippen LogP contribution in [0, 0.1) is 0 Å². The highest BCUT2D eigenvalue weighted by Crippen LogP contribution is 2.41. The Hall–Kier alpha value is -5.36. The molecule has 5 aromatic rings. The fraction of sp³-hybridized carbons (Fsp3) is 0.179. The van der Waals surface area contributed by atoms with E-state index in [1.54, 1.807) is 0 Å². The monoisotopic (exact) mass is 716 g/mol. The number of alkyl halides is 6. The van der Waals surface area contributed by atoms with Crippen molar-refractivity contribution in [2.75, 3.05) is 29.9 Å². The molecule has 0 saturated carbocycles. The van der Waals surface area contributed by atoms with Crippen LogP contribution in [0.4, 0.5) is 37.7 Å². The molecule has 7 rings (SSSR count). The summed E-state index contributed by atoms with van der Waals surface area (Å²) in [6.07, 6.45) is -4.86. The van der Waals surface area contributed by atoms with Gasteiger partial charge in [0, 0.05) is 17.8 Å². The van der Waals surface area contributed by atoms with E-state index in [1.807, 2.05) is 48.5 Å². The lowest BCUT2D eigenvalue weighted by Crippen LogP contribution is -2.32. The molecule has 2 heterocycles. The van der Waals surface area contributed by atoms with Gasteiger partial charge in [-0.1, -0.05) is 66.7 Å². The van der Waals surface area contributed by atoms with E-state index in [-0.39, 0.29) is 30.4 Å². The summed E-state index contributed by atoms with van der Waals surface area (Å²) in [5.41, 5.74) is 2.25. The van der Waals surface area contributed by atoms with E-state index in [0.29, 0.717) is 17.9 Å². The van der Waals surface area contributed by atoms with Gasteiger partial charge >= 0.3 is 12.4 Å². The van der Waals surface area contributed by atoms with Gasteiger partial charge in [0.2, 0.25) is 0 Å². The molecule has 0 radical (unpaired) electrons. The zero-order valence-electron chi connectivity index (χ0n) is 26.9. The van der Waals surface area contributed by atoms with Crippen LogP contribution in [-0.4, -0.2) is 36.7 Å². The van der Waals surface area contributed by atoms with Crippen LogP contribution in [0.15, 0.2) is 114 Å². The predicted octanol–water partition coefficient (Wildman–Crippen LogP) is 9.77. The van der Waals surface area contributed by atoms with E-state index in [4.69, 9.17) is 21.9 Å². The largest absolute Gasteiger partial charge is 0.492 e. The first kappa shape index (κ1) is 34.1. The number of ether oxygens (including phenoxy) is 1. The molecular weight excluding hydrogens is 687 g/mol. The van der Waals surface area contributed by atoms with Gasteiger partial charge in [-0.05, 0) is 94.7 Å². The Balaban J connectivity index is 1.03. The highest BCUT2D eigenvalue weighted by Gasteiger charge is 2.37. The first-order chi connectivity index (χ1) is 24.4. The summed E-state index contributed by atoms with van der Waals surface area (Å²) >= 11 is 5.13. The minimum absolute atomic E-state index is 0.0636. The summed E-state index contributed by atoms with van der Waals surface area (Å²) in [4.78, 5) is 7.28. The average Bonchev–Trinajstić information content (AvgIpc) is 3.52. The fourth-order valence-corrected chi connectivity index (χ4v) is 6.64. The fourth-order valence-electron chi connectivity index (χ4n) is 6.42. The van der Waals surface area contributed by atoms with E-state index < -0.39 is 29.2 Å². The van der Waals surface area contributed by atoms with Crippen molar-refractivity contribution in [3.8, 4) is 16.9 Å². The van der Waals surface area contributed by atoms with Crippen molar-refractivity contribution in [2.24, 2.45) is 4.99 Å². The van der Waals surface area contributed by atoms with Crippen LogP contribution in [0.2, 0.25) is 0 Å². The lowest BCUT2D eigenvalue weighted by atomic mass is 9.92. The van der Waals surface area contributed by atoms with Crippen LogP contribution in [-0.2, 0) is 18.8 Å². The zero-order valence-corrected chi connectivity index (χ0v) is 27.7. The molecule has 1 atom stereocenters. The van der Waals surface area contributed by atoms with Crippen LogP contribution in [0.25, 0.3) is 28.0 Å². The number of fused-ring (bicyclic) bond motifs is 4. The number of nitrogens with zero attached hydrogens (tertiary/aromatic N) is 2. The van der Waals surface area contributed by atoms with Crippen LogP contribution < -0.4 is 20.3 Å². The maximum Gasteiger partial charge on any atom is 0.416 e. The molecule has 260 valence electrons. The second-order valence-corrected chi connectivity index (χ2v) is 12.6. The van der Waals surface area contributed by atoms with Crippen molar-refractivity contribution in [3.05, 3.63) is 131 Å². The van der Waals surface area contributed by atoms with Gasteiger partial charge in [-0.25, -0.2) is 0 Å². The minimum atomic E-state index is -4.96. The number of thiocarbonyl (C=S) groups is 1. The zero-order chi connectivity index (χ0) is 35.8. The first-order valence-electron chi connectivity index (χ1n) is 16.1. The first-order valence-corrected chi connectivity index (χ1v) is 16.5. The lowest BCUT2D eigenvalue weighted by Gasteiger charge is -2.27. The van der Waals surface area contributed by atoms with Crippen molar-refractivity contribution in [3.63, 3.8) is 0 Å². The normalized spacial score (nSPS) is 15.3. The van der Waals surface area contributed by atoms with Gasteiger partial charge in [0.15, 0.2) is 5.11 Å². The smallest absolute Gasteiger partial charge is 0.416 e. The summed E-state index contributed by atoms with van der Waals surface area (Å²) in [5, 5.41) is 7.04. The summed E-state index contributed by atoms with van der Waals surface area (Å²) < 4.78 is 85.4. The van der Waals surface area contributed by atoms with Gasteiger partial charge in [-0.3, -0.25) is 4.99 Å². The summed E-state index contributed by atoms with van der Waals surface area (Å²) in [5.74, 6) is 1.54. The molecule has 5 aromatic carbocycles. The topological polar surface area (TPSA) is 48.9 Å². The van der Waals surface area contributed by atoms with Gasteiger partial charge in [-0.2, -0.15) is 26.3 Å². The molecule has 51 heavy (non-hydrogen) atoms. The van der Waals surface area contributed by atoms with E-state index in [0.717, 1.165) is 52.0 Å². The molecule has 2 aliphatic rings. The molecule has 0 amide bonds. The van der Waals surface area contributed by atoms with Crippen molar-refractivity contribution in [1.29, 1.82) is 0 Å². The Morgan fingerprint density at radius 2 is 1.53 bits per heavy atom. The molecule has 0 fully saturated rings. The Labute approximate surface area is 295 Å². The molecule has 0 aliphatic carbocycles. The average molecular weight is 717 g/mol. The maximum absolute atomic E-state index is 13.2. The second kappa shape index (κ2) is 13.7. The van der Waals surface area contributed by atoms with E-state index in [1.165, 1.54) is 5.56 Å². The molecule has 0 bridgehead atoms. The molecule has 0 saturated heterocycles. The second-order valence-electron chi connectivity index (χ2n) is 12.2. The Morgan fingerprint density at radius 1 is 0.804 bits per heavy atom. The Morgan fingerprint density at radius 3 is 2.27 bits per heavy atom. The van der Waals surface area contributed by atoms with Crippen molar-refractivity contribution in [1.82, 2.24) is 5.32 Å². The number of nitrogens with one attached hydrogen (secondary N) is 2. The molecule has 5 nitrogen and oxygen atoms in total. The van der Waals surface area contributed by atoms with E-state index in [9.17, 15) is 26.3 Å². The third-order valence-corrected chi connectivity index (χ3v) is 8.96. The minimum Gasteiger partial charge on any atom is -0.492 e. The molecule has 2 N–H and O–H groups in total. The van der Waals surface area contributed by atoms with Gasteiger partial charge in [0.25, 0.3) is 0 Å². The predicted molar refractivity (Wildman–Crippen MR) is 193 cm³/mol. The standard InChI is InChI=1S/C39H30F6N4OS/c40-38(41,42)26-19-27(39(43,44)45)21-28(20-26)48-37(51)46-16-17-50-30-13-12-25-8-4-9-32(34(25)22-30)31-10-5-11-35-33(31)14-15-36-47-29(23-49(35)36)18-24-6-2-1-3-7-24/h1-15,19-22,29H,16-18,23H2,(H2,46,48,51)/t29-/m0/s1. The summed E-state index contributed by atoms with van der Waals surface area (Å²) in [6, 6.07) is 29.9. The van der Waals surface area contributed by atoms with Gasteiger partial charge in [0.05, 0.1) is 29.4 Å². The molecule has 0 spiro atoms. The molecule has 2 aliphatic heterocycles. The highest BCUT2D eigenvalue weighted by molar-refractivity contribution is 7.80. The quantitative estimate of drug-likeness (QED) is 0.0952. The Kier molecular flexibility index (Phi) is 9.19. The van der Waals surface area contributed by atoms with Crippen LogP contribution in [0.5, 0.6) is 5.75 Å². The van der Waals surface area contributed by atoms with Gasteiger partial charge in [-0.15, -0.1) is 0 Å². The molecule has 12 heteroatoms. The molecular formula is C39H30F6N4OS. The maximum atomic E-state index is 13.2. The number of aliphatic imine (C=N–C) groups is 1.